The van der Waals surface area contributed by atoms with Crippen LogP contribution in [-0.4, -0.2) is 19.9 Å². The summed E-state index contributed by atoms with van der Waals surface area (Å²) in [4.78, 5) is 16.8. The van der Waals surface area contributed by atoms with Crippen molar-refractivity contribution in [3.63, 3.8) is 0 Å². The van der Waals surface area contributed by atoms with E-state index < -0.39 is 0 Å². The molecule has 0 saturated carbocycles. The molecule has 0 aromatic carbocycles. The van der Waals surface area contributed by atoms with Gasteiger partial charge < -0.3 is 5.43 Å². The van der Waals surface area contributed by atoms with E-state index in [1.807, 2.05) is 6.07 Å². The molecule has 3 N–H and O–H groups in total. The molecule has 0 aliphatic heterocycles. The molecule has 0 aliphatic carbocycles. The Morgan fingerprint density at radius 1 is 1.33 bits per heavy atom. The van der Waals surface area contributed by atoms with Crippen LogP contribution < -0.4 is 11.3 Å². The lowest BCUT2D eigenvalue weighted by molar-refractivity contribution is 0.634. The zero-order chi connectivity index (χ0) is 13.0. The fourth-order valence-electron chi connectivity index (χ4n) is 1.63. The number of hydrogen-bond acceptors (Lipinski definition) is 6. The predicted octanol–water partition coefficient (Wildman–Crippen LogP) is 1.42. The molecule has 0 atom stereocenters. The van der Waals surface area contributed by atoms with Gasteiger partial charge in [0.05, 0.1) is 0 Å². The number of nitrogens with zero attached hydrogens (tertiary/aromatic N) is 4. The SMILES string of the molecule is CC(C)Cc1cc(NN)nc(-c2ccncn2)n1. The van der Waals surface area contributed by atoms with Crippen LogP contribution in [0, 0.1) is 5.92 Å². The average molecular weight is 244 g/mol. The number of aromatic nitrogens is 4. The van der Waals surface area contributed by atoms with Crippen molar-refractivity contribution in [2.24, 2.45) is 11.8 Å². The van der Waals surface area contributed by atoms with Crippen LogP contribution in [0.2, 0.25) is 0 Å². The van der Waals surface area contributed by atoms with Gasteiger partial charge in [-0.25, -0.2) is 25.8 Å². The summed E-state index contributed by atoms with van der Waals surface area (Å²) < 4.78 is 0. The van der Waals surface area contributed by atoms with Crippen LogP contribution >= 0.6 is 0 Å². The van der Waals surface area contributed by atoms with Crippen molar-refractivity contribution in [1.82, 2.24) is 19.9 Å². The van der Waals surface area contributed by atoms with E-state index in [0.717, 1.165) is 12.1 Å². The molecule has 2 aromatic rings. The second-order valence-electron chi connectivity index (χ2n) is 4.41. The van der Waals surface area contributed by atoms with Crippen molar-refractivity contribution in [2.45, 2.75) is 20.3 Å². The van der Waals surface area contributed by atoms with Crippen LogP contribution in [0.5, 0.6) is 0 Å². The summed E-state index contributed by atoms with van der Waals surface area (Å²) in [6.07, 6.45) is 4.01. The van der Waals surface area contributed by atoms with Gasteiger partial charge in [0.1, 0.15) is 17.8 Å². The number of nitrogens with one attached hydrogen (secondary N) is 1. The third-order valence-electron chi connectivity index (χ3n) is 2.36. The summed E-state index contributed by atoms with van der Waals surface area (Å²) in [5.41, 5.74) is 4.19. The topological polar surface area (TPSA) is 89.6 Å². The van der Waals surface area contributed by atoms with Gasteiger partial charge >= 0.3 is 0 Å². The molecule has 6 nitrogen and oxygen atoms in total. The second kappa shape index (κ2) is 5.50. The molecule has 0 aliphatic rings. The highest BCUT2D eigenvalue weighted by atomic mass is 15.3. The van der Waals surface area contributed by atoms with Crippen molar-refractivity contribution < 1.29 is 0 Å². The fourth-order valence-corrected chi connectivity index (χ4v) is 1.63. The summed E-state index contributed by atoms with van der Waals surface area (Å²) in [6.45, 7) is 4.28. The summed E-state index contributed by atoms with van der Waals surface area (Å²) in [6, 6.07) is 3.62. The highest BCUT2D eigenvalue weighted by Gasteiger charge is 2.08. The van der Waals surface area contributed by atoms with Crippen LogP contribution in [-0.2, 0) is 6.42 Å². The van der Waals surface area contributed by atoms with Crippen LogP contribution in [0.25, 0.3) is 11.5 Å². The largest absolute Gasteiger partial charge is 0.308 e. The lowest BCUT2D eigenvalue weighted by atomic mass is 10.1. The number of rotatable bonds is 4. The van der Waals surface area contributed by atoms with Crippen LogP contribution in [0.3, 0.4) is 0 Å². The van der Waals surface area contributed by atoms with E-state index in [4.69, 9.17) is 5.84 Å². The molecule has 0 fully saturated rings. The van der Waals surface area contributed by atoms with Gasteiger partial charge in [0.2, 0.25) is 0 Å². The molecule has 6 heteroatoms. The molecule has 0 saturated heterocycles. The third kappa shape index (κ3) is 2.98. The first kappa shape index (κ1) is 12.4. The Kier molecular flexibility index (Phi) is 3.78. The molecule has 0 spiro atoms. The molecule has 18 heavy (non-hydrogen) atoms. The lowest BCUT2D eigenvalue weighted by Gasteiger charge is -2.08. The van der Waals surface area contributed by atoms with Gasteiger partial charge in [0.15, 0.2) is 5.82 Å². The van der Waals surface area contributed by atoms with Gasteiger partial charge in [-0.05, 0) is 18.4 Å². The average Bonchev–Trinajstić information content (AvgIpc) is 2.38. The number of hydrogen-bond donors (Lipinski definition) is 2. The van der Waals surface area contributed by atoms with E-state index >= 15 is 0 Å². The Balaban J connectivity index is 2.41. The Morgan fingerprint density at radius 2 is 2.17 bits per heavy atom. The van der Waals surface area contributed by atoms with Crippen molar-refractivity contribution in [3.05, 3.63) is 30.4 Å². The number of nitrogen functional groups attached to an aromatic ring is 1. The van der Waals surface area contributed by atoms with E-state index in [1.165, 1.54) is 6.33 Å². The molecule has 2 heterocycles. The van der Waals surface area contributed by atoms with Gasteiger partial charge in [0, 0.05) is 18.0 Å². The van der Waals surface area contributed by atoms with Crippen LogP contribution in [0.4, 0.5) is 5.82 Å². The van der Waals surface area contributed by atoms with E-state index in [9.17, 15) is 0 Å². The first-order chi connectivity index (χ1) is 8.69. The Bertz CT molecular complexity index is 511. The quantitative estimate of drug-likeness (QED) is 0.624. The van der Waals surface area contributed by atoms with Gasteiger partial charge in [0.25, 0.3) is 0 Å². The van der Waals surface area contributed by atoms with Crippen molar-refractivity contribution in [3.8, 4) is 11.5 Å². The highest BCUT2D eigenvalue weighted by molar-refractivity contribution is 5.52. The normalized spacial score (nSPS) is 10.7. The smallest absolute Gasteiger partial charge is 0.180 e. The van der Waals surface area contributed by atoms with Gasteiger partial charge in [-0.15, -0.1) is 0 Å². The van der Waals surface area contributed by atoms with Crippen molar-refractivity contribution in [2.75, 3.05) is 5.43 Å². The van der Waals surface area contributed by atoms with E-state index in [2.05, 4.69) is 39.2 Å². The Labute approximate surface area is 106 Å². The first-order valence-corrected chi connectivity index (χ1v) is 5.80. The summed E-state index contributed by atoms with van der Waals surface area (Å²) >= 11 is 0. The Hall–Kier alpha value is -2.08. The molecular formula is C12H16N6. The maximum absolute atomic E-state index is 5.42. The van der Waals surface area contributed by atoms with Gasteiger partial charge in [-0.3, -0.25) is 0 Å². The monoisotopic (exact) mass is 244 g/mol. The zero-order valence-corrected chi connectivity index (χ0v) is 10.5. The number of hydrazine groups is 1. The maximum Gasteiger partial charge on any atom is 0.180 e. The fraction of sp³-hybridized carbons (Fsp3) is 0.333. The minimum absolute atomic E-state index is 0.517. The van der Waals surface area contributed by atoms with Crippen molar-refractivity contribution in [1.29, 1.82) is 0 Å². The molecular weight excluding hydrogens is 228 g/mol. The summed E-state index contributed by atoms with van der Waals surface area (Å²) in [5.74, 6) is 7.09. The molecule has 0 unspecified atom stereocenters. The van der Waals surface area contributed by atoms with Gasteiger partial charge in [-0.2, -0.15) is 0 Å². The molecule has 2 rings (SSSR count). The van der Waals surface area contributed by atoms with Crippen LogP contribution in [0.1, 0.15) is 19.5 Å². The minimum atomic E-state index is 0.517. The van der Waals surface area contributed by atoms with Crippen LogP contribution in [0.15, 0.2) is 24.7 Å². The maximum atomic E-state index is 5.42. The third-order valence-corrected chi connectivity index (χ3v) is 2.36. The number of nitrogens with two attached hydrogens (primary N) is 1. The standard InChI is InChI=1S/C12H16N6/c1-8(2)5-9-6-11(18-13)17-12(16-9)10-3-4-14-7-15-10/h3-4,6-8H,5,13H2,1-2H3,(H,16,17,18). The van der Waals surface area contributed by atoms with Crippen molar-refractivity contribution >= 4 is 5.82 Å². The van der Waals surface area contributed by atoms with Gasteiger partial charge in [-0.1, -0.05) is 13.8 Å². The second-order valence-corrected chi connectivity index (χ2v) is 4.41. The van der Waals surface area contributed by atoms with E-state index in [-0.39, 0.29) is 0 Å². The molecule has 2 aromatic heterocycles. The zero-order valence-electron chi connectivity index (χ0n) is 10.5. The van der Waals surface area contributed by atoms with E-state index in [0.29, 0.717) is 23.3 Å². The Morgan fingerprint density at radius 3 is 2.78 bits per heavy atom. The highest BCUT2D eigenvalue weighted by Crippen LogP contribution is 2.16. The molecule has 94 valence electrons. The summed E-state index contributed by atoms with van der Waals surface area (Å²) in [7, 11) is 0. The molecule has 0 amide bonds. The first-order valence-electron chi connectivity index (χ1n) is 5.80. The summed E-state index contributed by atoms with van der Waals surface area (Å²) in [5, 5.41) is 0. The molecule has 0 radical (unpaired) electrons. The van der Waals surface area contributed by atoms with E-state index in [1.54, 1.807) is 12.3 Å². The lowest BCUT2D eigenvalue weighted by Crippen LogP contribution is -2.11. The minimum Gasteiger partial charge on any atom is -0.308 e. The number of anilines is 1. The molecule has 0 bridgehead atoms. The predicted molar refractivity (Wildman–Crippen MR) is 69.4 cm³/mol.